The molecule has 0 aliphatic heterocycles. The monoisotopic (exact) mass is 525 g/mol. The van der Waals surface area contributed by atoms with Crippen LogP contribution in [0.4, 0.5) is 0 Å². The minimum absolute atomic E-state index is 0.0418. The Hall–Kier alpha value is -2.45. The van der Waals surface area contributed by atoms with Crippen LogP contribution in [-0.4, -0.2) is 61.0 Å². The Balaban J connectivity index is 1.27. The van der Waals surface area contributed by atoms with Crippen LogP contribution in [0.15, 0.2) is 44.4 Å². The van der Waals surface area contributed by atoms with Gasteiger partial charge in [-0.15, -0.1) is 0 Å². The van der Waals surface area contributed by atoms with E-state index in [2.05, 4.69) is 30.4 Å². The molecule has 8 nitrogen and oxygen atoms in total. The number of rotatable bonds is 7. The molecule has 4 aliphatic carbocycles. The van der Waals surface area contributed by atoms with Crippen LogP contribution in [0.5, 0.6) is 0 Å². The van der Waals surface area contributed by atoms with Crippen LogP contribution in [0.1, 0.15) is 76.7 Å². The Bertz CT molecular complexity index is 1150. The van der Waals surface area contributed by atoms with E-state index in [4.69, 9.17) is 9.25 Å². The molecule has 0 radical (unpaired) electrons. The molecule has 2 N–H and O–H groups in total. The third-order valence-corrected chi connectivity index (χ3v) is 10.5. The van der Waals surface area contributed by atoms with Crippen LogP contribution >= 0.6 is 0 Å². The molecule has 3 fully saturated rings. The summed E-state index contributed by atoms with van der Waals surface area (Å²) < 4.78 is 5.21. The summed E-state index contributed by atoms with van der Waals surface area (Å²) >= 11 is 0. The van der Waals surface area contributed by atoms with Gasteiger partial charge < -0.3 is 24.6 Å². The molecule has 0 saturated heterocycles. The summed E-state index contributed by atoms with van der Waals surface area (Å²) in [5, 5.41) is 19.5. The number of nitrogens with zero attached hydrogens (tertiary/aromatic N) is 2. The van der Waals surface area contributed by atoms with E-state index in [1.807, 2.05) is 25.1 Å². The lowest BCUT2D eigenvalue weighted by Crippen LogP contribution is -2.60. The van der Waals surface area contributed by atoms with E-state index in [1.54, 1.807) is 6.26 Å². The van der Waals surface area contributed by atoms with Gasteiger partial charge in [0.1, 0.15) is 0 Å². The van der Waals surface area contributed by atoms with Gasteiger partial charge in [-0.1, -0.05) is 24.6 Å². The van der Waals surface area contributed by atoms with Crippen LogP contribution in [0.25, 0.3) is 0 Å². The van der Waals surface area contributed by atoms with Crippen molar-refractivity contribution in [3.8, 4) is 0 Å². The normalized spacial score (nSPS) is 37.3. The number of hydrogen-bond donors (Lipinski definition) is 2. The molecule has 1 aromatic heterocycles. The van der Waals surface area contributed by atoms with Gasteiger partial charge in [0, 0.05) is 24.6 Å². The topological polar surface area (TPSA) is 104 Å². The molecule has 1 aromatic rings. The van der Waals surface area contributed by atoms with E-state index in [0.29, 0.717) is 12.5 Å². The number of allylic oxidation sites excluding steroid dienone is 2. The van der Waals surface area contributed by atoms with Crippen LogP contribution in [0.3, 0.4) is 0 Å². The van der Waals surface area contributed by atoms with Gasteiger partial charge in [-0.25, -0.2) is 4.79 Å². The van der Waals surface area contributed by atoms with Crippen molar-refractivity contribution in [1.29, 1.82) is 0 Å². The van der Waals surface area contributed by atoms with Crippen molar-refractivity contribution in [1.82, 2.24) is 10.2 Å². The van der Waals surface area contributed by atoms with E-state index in [-0.39, 0.29) is 40.8 Å². The van der Waals surface area contributed by atoms with Crippen LogP contribution in [0.2, 0.25) is 0 Å². The lowest BCUT2D eigenvalue weighted by atomic mass is 9.45. The molecule has 3 saturated carbocycles. The highest BCUT2D eigenvalue weighted by Gasteiger charge is 2.66. The van der Waals surface area contributed by atoms with E-state index >= 15 is 0 Å². The first-order valence-corrected chi connectivity index (χ1v) is 14.2. The van der Waals surface area contributed by atoms with Gasteiger partial charge in [0.25, 0.3) is 5.91 Å². The van der Waals surface area contributed by atoms with Crippen molar-refractivity contribution in [2.75, 3.05) is 33.8 Å². The van der Waals surface area contributed by atoms with Gasteiger partial charge in [-0.05, 0) is 106 Å². The van der Waals surface area contributed by atoms with E-state index < -0.39 is 5.60 Å². The third-order valence-electron chi connectivity index (χ3n) is 10.5. The second-order valence-corrected chi connectivity index (χ2v) is 12.7. The van der Waals surface area contributed by atoms with Crippen LogP contribution < -0.4 is 10.9 Å². The Labute approximate surface area is 225 Å². The molecular weight excluding hydrogens is 482 g/mol. The number of amides is 1. The van der Waals surface area contributed by atoms with E-state index in [1.165, 1.54) is 11.6 Å². The molecule has 5 rings (SSSR count). The van der Waals surface area contributed by atoms with E-state index in [0.717, 1.165) is 69.2 Å². The molecule has 208 valence electrons. The molecule has 6 atom stereocenters. The van der Waals surface area contributed by atoms with Gasteiger partial charge in [0.05, 0.1) is 17.6 Å². The standard InChI is InChI=1S/C30H43N3O5/c1-28-12-9-22(32-38-19-26(34)31-15-16-33(3)4)17-21(28)6-7-25-24(28)10-13-29(2)23(11-14-30(25,29)36)20-5-8-27(35)37-18-20/h5,8,17-18,23-25,36H,6-7,9-16,19H2,1-4H3,(H,31,34)/t23-,24?,25?,28+,29-,30+/m1/s1. The zero-order valence-corrected chi connectivity index (χ0v) is 23.3. The second-order valence-electron chi connectivity index (χ2n) is 12.7. The first kappa shape index (κ1) is 27.1. The smallest absolute Gasteiger partial charge is 0.335 e. The van der Waals surface area contributed by atoms with Crippen molar-refractivity contribution in [3.05, 3.63) is 46.0 Å². The minimum atomic E-state index is -0.720. The number of aliphatic hydroxyl groups is 1. The molecule has 8 heteroatoms. The molecule has 4 aliphatic rings. The molecule has 0 spiro atoms. The van der Waals surface area contributed by atoms with Crippen molar-refractivity contribution in [2.24, 2.45) is 27.8 Å². The molecule has 1 amide bonds. The maximum absolute atomic E-state index is 12.4. The fraction of sp³-hybridized carbons (Fsp3) is 0.700. The molecule has 0 aromatic carbocycles. The summed E-state index contributed by atoms with van der Waals surface area (Å²) in [6.45, 7) is 5.95. The summed E-state index contributed by atoms with van der Waals surface area (Å²) in [4.78, 5) is 31.0. The number of nitrogens with one attached hydrogen (secondary N) is 1. The predicted octanol–water partition coefficient (Wildman–Crippen LogP) is 3.85. The quantitative estimate of drug-likeness (QED) is 0.524. The molecule has 1 heterocycles. The Morgan fingerprint density at radius 2 is 1.97 bits per heavy atom. The number of likely N-dealkylation sites (N-methyl/N-ethyl adjacent to an activating group) is 1. The van der Waals surface area contributed by atoms with Gasteiger partial charge in [-0.3, -0.25) is 4.79 Å². The predicted molar refractivity (Wildman–Crippen MR) is 146 cm³/mol. The minimum Gasteiger partial charge on any atom is -0.431 e. The largest absolute Gasteiger partial charge is 0.431 e. The summed E-state index contributed by atoms with van der Waals surface area (Å²) in [6.07, 6.45) is 11.3. The average molecular weight is 526 g/mol. The molecule has 38 heavy (non-hydrogen) atoms. The van der Waals surface area contributed by atoms with Crippen molar-refractivity contribution < 1.29 is 19.2 Å². The lowest BCUT2D eigenvalue weighted by molar-refractivity contribution is -0.176. The number of hydrogen-bond acceptors (Lipinski definition) is 7. The maximum Gasteiger partial charge on any atom is 0.335 e. The molecule has 0 bridgehead atoms. The Morgan fingerprint density at radius 1 is 1.16 bits per heavy atom. The fourth-order valence-corrected chi connectivity index (χ4v) is 8.36. The van der Waals surface area contributed by atoms with Gasteiger partial charge in [0.2, 0.25) is 0 Å². The lowest BCUT2D eigenvalue weighted by Gasteiger charge is -2.61. The highest BCUT2D eigenvalue weighted by atomic mass is 16.6. The van der Waals surface area contributed by atoms with Gasteiger partial charge in [-0.2, -0.15) is 0 Å². The number of oxime groups is 1. The first-order valence-electron chi connectivity index (χ1n) is 14.2. The Morgan fingerprint density at radius 3 is 2.71 bits per heavy atom. The van der Waals surface area contributed by atoms with Gasteiger partial charge >= 0.3 is 5.63 Å². The molecule has 2 unspecified atom stereocenters. The highest BCUT2D eigenvalue weighted by Crippen LogP contribution is 2.69. The number of fused-ring (bicyclic) bond motifs is 5. The maximum atomic E-state index is 12.4. The fourth-order valence-electron chi connectivity index (χ4n) is 8.36. The number of carbonyl (C=O) groups is 1. The van der Waals surface area contributed by atoms with Crippen molar-refractivity contribution in [3.63, 3.8) is 0 Å². The van der Waals surface area contributed by atoms with E-state index in [9.17, 15) is 14.7 Å². The molecular formula is C30H43N3O5. The summed E-state index contributed by atoms with van der Waals surface area (Å²) in [6, 6.07) is 3.39. The highest BCUT2D eigenvalue weighted by molar-refractivity contribution is 5.96. The summed E-state index contributed by atoms with van der Waals surface area (Å²) in [5.74, 6) is 0.726. The zero-order chi connectivity index (χ0) is 27.1. The average Bonchev–Trinajstić information content (AvgIpc) is 3.15. The SMILES string of the molecule is CN(C)CCNC(=O)CON=C1C=C2CCC3C(CC[C@]4(C)[C@@H](c5ccc(=O)oc5)CC[C@]34O)[C@@]2(C)CC1. The van der Waals surface area contributed by atoms with Crippen LogP contribution in [0, 0.1) is 22.7 Å². The second kappa shape index (κ2) is 10.3. The van der Waals surface area contributed by atoms with Crippen molar-refractivity contribution >= 4 is 11.6 Å². The summed E-state index contributed by atoms with van der Waals surface area (Å²) in [7, 11) is 3.94. The van der Waals surface area contributed by atoms with Crippen LogP contribution in [-0.2, 0) is 9.63 Å². The third kappa shape index (κ3) is 4.64. The van der Waals surface area contributed by atoms with Crippen molar-refractivity contribution in [2.45, 2.75) is 76.7 Å². The number of carbonyl (C=O) groups excluding carboxylic acids is 1. The summed E-state index contributed by atoms with van der Waals surface area (Å²) in [5.41, 5.74) is 2.12. The first-order chi connectivity index (χ1) is 18.1. The zero-order valence-electron chi connectivity index (χ0n) is 23.3. The Kier molecular flexibility index (Phi) is 7.33. The van der Waals surface area contributed by atoms with Gasteiger partial charge in [0.15, 0.2) is 6.61 Å².